The lowest BCUT2D eigenvalue weighted by atomic mass is 10.0. The number of nitrogens with one attached hydrogen (secondary N) is 3. The number of benzene rings is 1. The largest absolute Gasteiger partial charge is 0.480 e. The number of aromatic amines is 1. The van der Waals surface area contributed by atoms with E-state index in [1.807, 2.05) is 24.3 Å². The number of nitrogens with zero attached hydrogens (tertiary/aromatic N) is 1. The van der Waals surface area contributed by atoms with Crippen molar-refractivity contribution < 1.29 is 9.53 Å². The molecule has 3 rings (SSSR count). The Morgan fingerprint density at radius 3 is 3.04 bits per heavy atom. The Kier molecular flexibility index (Phi) is 4.79. The fraction of sp³-hybridized carbons (Fsp3) is 0.353. The zero-order valence-electron chi connectivity index (χ0n) is 13.5. The van der Waals surface area contributed by atoms with Crippen LogP contribution < -0.4 is 20.9 Å². The Balaban J connectivity index is 1.45. The number of carbonyl (C=O) groups is 1. The van der Waals surface area contributed by atoms with Gasteiger partial charge in [0, 0.05) is 24.8 Å². The van der Waals surface area contributed by atoms with Gasteiger partial charge in [0.2, 0.25) is 5.95 Å². The molecule has 3 N–H and O–H groups in total. The molecule has 126 valence electrons. The van der Waals surface area contributed by atoms with Gasteiger partial charge in [-0.15, -0.1) is 0 Å². The van der Waals surface area contributed by atoms with Crippen molar-refractivity contribution >= 4 is 11.9 Å². The number of para-hydroxylation sites is 1. The summed E-state index contributed by atoms with van der Waals surface area (Å²) in [4.78, 5) is 30.3. The van der Waals surface area contributed by atoms with Crippen molar-refractivity contribution in [3.8, 4) is 5.75 Å². The van der Waals surface area contributed by atoms with Crippen LogP contribution in [0.3, 0.4) is 0 Å². The van der Waals surface area contributed by atoms with Crippen LogP contribution in [0.25, 0.3) is 0 Å². The Hall–Kier alpha value is -2.83. The summed E-state index contributed by atoms with van der Waals surface area (Å²) in [7, 11) is 0. The summed E-state index contributed by atoms with van der Waals surface area (Å²) in [6, 6.07) is 9.20. The maximum Gasteiger partial charge on any atom is 0.261 e. The molecular formula is C17H20N4O3. The van der Waals surface area contributed by atoms with Crippen molar-refractivity contribution in [2.45, 2.75) is 25.9 Å². The SMILES string of the molecule is Cc1cc(=O)[nH]c(NCCNC(=O)[C@H]2CCc3ccccc3O2)n1. The third-order valence-corrected chi connectivity index (χ3v) is 3.80. The minimum atomic E-state index is -0.461. The third kappa shape index (κ3) is 3.92. The minimum absolute atomic E-state index is 0.128. The van der Waals surface area contributed by atoms with E-state index >= 15 is 0 Å². The second kappa shape index (κ2) is 7.16. The van der Waals surface area contributed by atoms with Gasteiger partial charge in [-0.25, -0.2) is 4.98 Å². The monoisotopic (exact) mass is 328 g/mol. The number of anilines is 1. The van der Waals surface area contributed by atoms with Gasteiger partial charge in [-0.05, 0) is 31.4 Å². The van der Waals surface area contributed by atoms with Gasteiger partial charge in [0.15, 0.2) is 6.10 Å². The Bertz CT molecular complexity index is 787. The van der Waals surface area contributed by atoms with E-state index < -0.39 is 6.10 Å². The fourth-order valence-corrected chi connectivity index (χ4v) is 2.65. The number of aryl methyl sites for hydroxylation is 2. The maximum absolute atomic E-state index is 12.2. The molecule has 0 unspecified atom stereocenters. The standard InChI is InChI=1S/C17H20N4O3/c1-11-10-15(22)21-17(20-11)19-9-8-18-16(23)14-7-6-12-4-2-3-5-13(12)24-14/h2-5,10,14H,6-9H2,1H3,(H,18,23)(H2,19,20,21,22)/t14-/m1/s1. The average molecular weight is 328 g/mol. The molecule has 2 aromatic rings. The summed E-state index contributed by atoms with van der Waals surface area (Å²) in [5, 5.41) is 5.81. The number of aromatic nitrogens is 2. The zero-order valence-corrected chi connectivity index (χ0v) is 13.5. The molecule has 7 nitrogen and oxygen atoms in total. The molecule has 0 fully saturated rings. The molecule has 1 atom stereocenters. The molecule has 2 heterocycles. The van der Waals surface area contributed by atoms with Crippen molar-refractivity contribution in [1.29, 1.82) is 0 Å². The number of amides is 1. The highest BCUT2D eigenvalue weighted by molar-refractivity contribution is 5.81. The number of rotatable bonds is 5. The first kappa shape index (κ1) is 16.0. The van der Waals surface area contributed by atoms with Gasteiger partial charge >= 0.3 is 0 Å². The molecule has 1 aliphatic heterocycles. The molecule has 0 saturated carbocycles. The van der Waals surface area contributed by atoms with E-state index in [0.717, 1.165) is 17.7 Å². The first-order valence-corrected chi connectivity index (χ1v) is 7.96. The number of carbonyl (C=O) groups excluding carboxylic acids is 1. The van der Waals surface area contributed by atoms with E-state index in [1.165, 1.54) is 6.07 Å². The van der Waals surface area contributed by atoms with Crippen molar-refractivity contribution in [2.24, 2.45) is 0 Å². The summed E-state index contributed by atoms with van der Waals surface area (Å²) in [6.07, 6.45) is 1.04. The molecule has 1 aliphatic rings. The van der Waals surface area contributed by atoms with Crippen molar-refractivity contribution in [2.75, 3.05) is 18.4 Å². The van der Waals surface area contributed by atoms with Gasteiger partial charge in [-0.1, -0.05) is 18.2 Å². The quantitative estimate of drug-likeness (QED) is 0.712. The van der Waals surface area contributed by atoms with Gasteiger partial charge < -0.3 is 15.4 Å². The van der Waals surface area contributed by atoms with E-state index in [4.69, 9.17) is 4.74 Å². The normalized spacial score (nSPS) is 16.0. The summed E-state index contributed by atoms with van der Waals surface area (Å²) in [6.45, 7) is 2.62. The van der Waals surface area contributed by atoms with Crippen LogP contribution in [-0.4, -0.2) is 35.1 Å². The van der Waals surface area contributed by atoms with Crippen LogP contribution in [0.4, 0.5) is 5.95 Å². The van der Waals surface area contributed by atoms with Crippen molar-refractivity contribution in [3.05, 3.63) is 51.9 Å². The van der Waals surface area contributed by atoms with E-state index in [2.05, 4.69) is 20.6 Å². The molecule has 0 radical (unpaired) electrons. The molecule has 0 spiro atoms. The van der Waals surface area contributed by atoms with Crippen LogP contribution in [0.1, 0.15) is 17.7 Å². The Morgan fingerprint density at radius 1 is 1.38 bits per heavy atom. The summed E-state index contributed by atoms with van der Waals surface area (Å²) < 4.78 is 5.75. The smallest absolute Gasteiger partial charge is 0.261 e. The first-order valence-electron chi connectivity index (χ1n) is 7.96. The molecule has 0 aliphatic carbocycles. The predicted octanol–water partition coefficient (Wildman–Crippen LogP) is 1.00. The zero-order chi connectivity index (χ0) is 16.9. The lowest BCUT2D eigenvalue weighted by molar-refractivity contribution is -0.128. The molecule has 24 heavy (non-hydrogen) atoms. The van der Waals surface area contributed by atoms with Crippen LogP contribution >= 0.6 is 0 Å². The lowest BCUT2D eigenvalue weighted by Gasteiger charge is -2.25. The number of hydrogen-bond donors (Lipinski definition) is 3. The Labute approximate surface area is 139 Å². The van der Waals surface area contributed by atoms with Crippen LogP contribution in [0.5, 0.6) is 5.75 Å². The molecule has 1 amide bonds. The molecule has 0 bridgehead atoms. The number of H-pyrrole nitrogens is 1. The van der Waals surface area contributed by atoms with E-state index in [9.17, 15) is 9.59 Å². The molecule has 0 saturated heterocycles. The Morgan fingerprint density at radius 2 is 2.21 bits per heavy atom. The second-order valence-corrected chi connectivity index (χ2v) is 5.71. The van der Waals surface area contributed by atoms with E-state index in [1.54, 1.807) is 6.92 Å². The molecular weight excluding hydrogens is 308 g/mol. The van der Waals surface area contributed by atoms with Crippen molar-refractivity contribution in [3.63, 3.8) is 0 Å². The number of ether oxygens (including phenoxy) is 1. The van der Waals surface area contributed by atoms with Gasteiger partial charge in [0.05, 0.1) is 0 Å². The first-order chi connectivity index (χ1) is 11.6. The second-order valence-electron chi connectivity index (χ2n) is 5.71. The highest BCUT2D eigenvalue weighted by Crippen LogP contribution is 2.26. The van der Waals surface area contributed by atoms with E-state index in [0.29, 0.717) is 31.2 Å². The third-order valence-electron chi connectivity index (χ3n) is 3.80. The molecule has 1 aromatic carbocycles. The molecule has 1 aromatic heterocycles. The predicted molar refractivity (Wildman–Crippen MR) is 90.3 cm³/mol. The van der Waals surface area contributed by atoms with Gasteiger partial charge in [0.25, 0.3) is 11.5 Å². The average Bonchev–Trinajstić information content (AvgIpc) is 2.57. The van der Waals surface area contributed by atoms with Gasteiger partial charge in [0.1, 0.15) is 5.75 Å². The van der Waals surface area contributed by atoms with Crippen LogP contribution in [-0.2, 0) is 11.2 Å². The summed E-state index contributed by atoms with van der Waals surface area (Å²) in [5.41, 5.74) is 1.57. The maximum atomic E-state index is 12.2. The highest BCUT2D eigenvalue weighted by Gasteiger charge is 2.25. The lowest BCUT2D eigenvalue weighted by Crippen LogP contribution is -2.42. The minimum Gasteiger partial charge on any atom is -0.480 e. The van der Waals surface area contributed by atoms with Crippen LogP contribution in [0, 0.1) is 6.92 Å². The summed E-state index contributed by atoms with van der Waals surface area (Å²) in [5.74, 6) is 1.05. The van der Waals surface area contributed by atoms with Crippen LogP contribution in [0.2, 0.25) is 0 Å². The summed E-state index contributed by atoms with van der Waals surface area (Å²) >= 11 is 0. The van der Waals surface area contributed by atoms with Gasteiger partial charge in [-0.3, -0.25) is 14.6 Å². The topological polar surface area (TPSA) is 96.1 Å². The van der Waals surface area contributed by atoms with Crippen molar-refractivity contribution in [1.82, 2.24) is 15.3 Å². The fourth-order valence-electron chi connectivity index (χ4n) is 2.65. The van der Waals surface area contributed by atoms with E-state index in [-0.39, 0.29) is 11.5 Å². The molecule has 7 heteroatoms. The van der Waals surface area contributed by atoms with Gasteiger partial charge in [-0.2, -0.15) is 0 Å². The highest BCUT2D eigenvalue weighted by atomic mass is 16.5. The number of hydrogen-bond acceptors (Lipinski definition) is 5. The van der Waals surface area contributed by atoms with Crippen LogP contribution in [0.15, 0.2) is 35.1 Å². The number of fused-ring (bicyclic) bond motifs is 1.